The molecule has 0 atom stereocenters. The maximum atomic E-state index is 9.61. The van der Waals surface area contributed by atoms with Crippen molar-refractivity contribution < 1.29 is 46.0 Å². The number of rotatable bonds is 3. The highest BCUT2D eigenvalue weighted by molar-refractivity contribution is 5.75. The first kappa shape index (κ1) is 38.3. The third-order valence-electron chi connectivity index (χ3n) is 10.6. The first-order chi connectivity index (χ1) is 26.4. The minimum Gasteiger partial charge on any atom is -0.508 e. The summed E-state index contributed by atoms with van der Waals surface area (Å²) in [5.41, 5.74) is 3.82. The summed E-state index contributed by atoms with van der Waals surface area (Å²) in [5.74, 6) is 4.30. The summed E-state index contributed by atoms with van der Waals surface area (Å²) >= 11 is 0. The molecule has 4 bridgehead atoms. The number of benzene rings is 6. The van der Waals surface area contributed by atoms with Crippen LogP contribution in [0.1, 0.15) is 38.5 Å². The van der Waals surface area contributed by atoms with Crippen molar-refractivity contribution in [3.8, 4) is 85.1 Å². The molecule has 4 aliphatic rings. The molecule has 55 heavy (non-hydrogen) atoms. The maximum absolute atomic E-state index is 9.61. The quantitative estimate of drug-likeness (QED) is 0.0797. The molecule has 0 spiro atoms. The van der Waals surface area contributed by atoms with Gasteiger partial charge in [0.25, 0.3) is 0 Å². The lowest BCUT2D eigenvalue weighted by Gasteiger charge is -2.49. The van der Waals surface area contributed by atoms with E-state index >= 15 is 0 Å². The van der Waals surface area contributed by atoms with Crippen LogP contribution in [0.5, 0.6) is 51.7 Å². The molecule has 0 radical (unpaired) electrons. The second-order valence-corrected chi connectivity index (χ2v) is 14.5. The molecule has 10 rings (SSSR count). The van der Waals surface area contributed by atoms with Crippen LogP contribution in [-0.4, -0.2) is 46.0 Å². The van der Waals surface area contributed by atoms with Crippen molar-refractivity contribution >= 4 is 0 Å². The van der Waals surface area contributed by atoms with E-state index in [1.807, 2.05) is 0 Å². The van der Waals surface area contributed by atoms with Gasteiger partial charge in [-0.05, 0) is 133 Å². The second kappa shape index (κ2) is 17.1. The molecule has 9 N–H and O–H groups in total. The third-order valence-corrected chi connectivity index (χ3v) is 10.6. The highest BCUT2D eigenvalue weighted by Gasteiger charge is 2.41. The van der Waals surface area contributed by atoms with Gasteiger partial charge in [0.2, 0.25) is 0 Å². The number of para-hydroxylation sites is 3. The van der Waals surface area contributed by atoms with Crippen LogP contribution in [0.3, 0.4) is 0 Å². The fourth-order valence-electron chi connectivity index (χ4n) is 8.20. The molecule has 0 saturated heterocycles. The Morgan fingerprint density at radius 3 is 0.709 bits per heavy atom. The summed E-state index contributed by atoms with van der Waals surface area (Å²) < 4.78 is 0. The number of aromatic hydroxyl groups is 9. The monoisotopic (exact) mass is 742 g/mol. The fourth-order valence-corrected chi connectivity index (χ4v) is 8.20. The van der Waals surface area contributed by atoms with Crippen LogP contribution in [0.15, 0.2) is 127 Å². The summed E-state index contributed by atoms with van der Waals surface area (Å²) in [6.45, 7) is 0. The van der Waals surface area contributed by atoms with Gasteiger partial charge in [0, 0.05) is 16.7 Å². The van der Waals surface area contributed by atoms with E-state index in [-0.39, 0.29) is 51.7 Å². The summed E-state index contributed by atoms with van der Waals surface area (Å²) in [7, 11) is 0. The average Bonchev–Trinajstić information content (AvgIpc) is 3.17. The van der Waals surface area contributed by atoms with Crippen molar-refractivity contribution in [1.82, 2.24) is 0 Å². The van der Waals surface area contributed by atoms with Crippen LogP contribution in [0.4, 0.5) is 0 Å². The highest BCUT2D eigenvalue weighted by atomic mass is 16.3. The van der Waals surface area contributed by atoms with Crippen molar-refractivity contribution in [3.05, 3.63) is 127 Å². The Morgan fingerprint density at radius 2 is 0.491 bits per heavy atom. The predicted molar refractivity (Wildman–Crippen MR) is 212 cm³/mol. The molecule has 0 aromatic heterocycles. The lowest BCUT2D eigenvalue weighted by molar-refractivity contribution is 0.0198. The van der Waals surface area contributed by atoms with E-state index < -0.39 is 0 Å². The Hall–Kier alpha value is -6.48. The molecule has 0 unspecified atom stereocenters. The number of hydrogen-bond acceptors (Lipinski definition) is 9. The lowest BCUT2D eigenvalue weighted by Crippen LogP contribution is -2.38. The van der Waals surface area contributed by atoms with Gasteiger partial charge in [-0.3, -0.25) is 0 Å². The van der Waals surface area contributed by atoms with E-state index in [2.05, 4.69) is 0 Å². The zero-order valence-electron chi connectivity index (χ0n) is 30.2. The van der Waals surface area contributed by atoms with Crippen molar-refractivity contribution in [2.45, 2.75) is 38.5 Å². The topological polar surface area (TPSA) is 182 Å². The molecular formula is C46H46O9. The molecular weight excluding hydrogens is 696 g/mol. The zero-order chi connectivity index (χ0) is 39.1. The highest BCUT2D eigenvalue weighted by Crippen LogP contribution is 2.53. The molecule has 4 fully saturated rings. The molecule has 4 saturated carbocycles. The molecule has 0 aliphatic heterocycles. The largest absolute Gasteiger partial charge is 0.508 e. The number of phenols is 9. The number of hydrogen-bond donors (Lipinski definition) is 9. The van der Waals surface area contributed by atoms with E-state index in [9.17, 15) is 30.6 Å². The van der Waals surface area contributed by atoms with Crippen LogP contribution >= 0.6 is 0 Å². The Balaban J connectivity index is 0.000000126. The van der Waals surface area contributed by atoms with Gasteiger partial charge in [-0.25, -0.2) is 0 Å². The lowest BCUT2D eigenvalue weighted by atomic mass is 9.56. The molecule has 0 amide bonds. The molecule has 284 valence electrons. The Kier molecular flexibility index (Phi) is 11.9. The Labute approximate surface area is 320 Å². The summed E-state index contributed by atoms with van der Waals surface area (Å²) in [4.78, 5) is 0. The van der Waals surface area contributed by atoms with Crippen LogP contribution in [-0.2, 0) is 0 Å². The second-order valence-electron chi connectivity index (χ2n) is 14.5. The van der Waals surface area contributed by atoms with Crippen LogP contribution in [0, 0.1) is 23.7 Å². The van der Waals surface area contributed by atoms with Crippen LogP contribution in [0.25, 0.3) is 33.4 Å². The van der Waals surface area contributed by atoms with Gasteiger partial charge in [0.1, 0.15) is 17.2 Å². The minimum atomic E-state index is -0.152. The average molecular weight is 743 g/mol. The van der Waals surface area contributed by atoms with Gasteiger partial charge >= 0.3 is 0 Å². The van der Waals surface area contributed by atoms with E-state index in [0.29, 0.717) is 16.7 Å². The molecule has 9 heteroatoms. The molecule has 6 aromatic carbocycles. The predicted octanol–water partition coefficient (Wildman–Crippen LogP) is 10.2. The van der Waals surface area contributed by atoms with Crippen LogP contribution < -0.4 is 0 Å². The SMILES string of the molecule is C1C2CC3CC1CC(C2)C3.Oc1ccc(-c2cccc(O)c2O)cc1.Oc1ccc(-c2cccc(O)c2O)cc1.Oc1ccc(-c2cccc(O)c2O)cc1. The first-order valence-electron chi connectivity index (χ1n) is 18.4. The van der Waals surface area contributed by atoms with E-state index in [1.54, 1.807) is 111 Å². The molecule has 6 aromatic rings. The zero-order valence-corrected chi connectivity index (χ0v) is 30.2. The van der Waals surface area contributed by atoms with E-state index in [0.717, 1.165) is 16.7 Å². The molecule has 0 heterocycles. The van der Waals surface area contributed by atoms with E-state index in [4.69, 9.17) is 15.3 Å². The van der Waals surface area contributed by atoms with Gasteiger partial charge in [0.15, 0.2) is 34.5 Å². The first-order valence-corrected chi connectivity index (χ1v) is 18.4. The molecule has 9 nitrogen and oxygen atoms in total. The normalized spacial score (nSPS) is 18.8. The minimum absolute atomic E-state index is 0.150. The standard InChI is InChI=1S/3C12H10O3.C10H16/c3*13-9-6-4-8(5-7-9)10-2-1-3-11(14)12(10)15;1-7-2-9-4-8(1)5-10(3-7)6-9/h3*1-7,13-15H;7-10H,1-6H2. The Bertz CT molecular complexity index is 1900. The smallest absolute Gasteiger partial charge is 0.165 e. The van der Waals surface area contributed by atoms with Crippen molar-refractivity contribution in [3.63, 3.8) is 0 Å². The summed E-state index contributed by atoms with van der Waals surface area (Å²) in [6.07, 6.45) is 9.62. The summed E-state index contributed by atoms with van der Waals surface area (Å²) in [6, 6.07) is 33.5. The van der Waals surface area contributed by atoms with Gasteiger partial charge in [-0.1, -0.05) is 72.8 Å². The Morgan fingerprint density at radius 1 is 0.273 bits per heavy atom. The van der Waals surface area contributed by atoms with Crippen molar-refractivity contribution in [2.75, 3.05) is 0 Å². The number of phenolic OH excluding ortho intramolecular Hbond substituents is 9. The third kappa shape index (κ3) is 9.55. The van der Waals surface area contributed by atoms with Crippen molar-refractivity contribution in [2.24, 2.45) is 23.7 Å². The van der Waals surface area contributed by atoms with Gasteiger partial charge < -0.3 is 46.0 Å². The molecule has 4 aliphatic carbocycles. The van der Waals surface area contributed by atoms with Crippen molar-refractivity contribution in [1.29, 1.82) is 0 Å². The van der Waals surface area contributed by atoms with Gasteiger partial charge in [-0.2, -0.15) is 0 Å². The summed E-state index contributed by atoms with van der Waals surface area (Å²) in [5, 5.41) is 84.1. The van der Waals surface area contributed by atoms with Gasteiger partial charge in [-0.15, -0.1) is 0 Å². The van der Waals surface area contributed by atoms with Gasteiger partial charge in [0.05, 0.1) is 0 Å². The van der Waals surface area contributed by atoms with E-state index in [1.165, 1.54) is 78.3 Å². The maximum Gasteiger partial charge on any atom is 0.165 e. The van der Waals surface area contributed by atoms with Crippen LogP contribution in [0.2, 0.25) is 0 Å². The fraction of sp³-hybridized carbons (Fsp3) is 0.217.